The highest BCUT2D eigenvalue weighted by Gasteiger charge is 2.17. The Labute approximate surface area is 85.5 Å². The van der Waals surface area contributed by atoms with Crippen molar-refractivity contribution >= 4 is 17.2 Å². The van der Waals surface area contributed by atoms with Gasteiger partial charge >= 0.3 is 0 Å². The van der Waals surface area contributed by atoms with Crippen LogP contribution in [0.2, 0.25) is 0 Å². The Balaban J connectivity index is 2.05. The molecule has 0 radical (unpaired) electrons. The van der Waals surface area contributed by atoms with Gasteiger partial charge in [0.05, 0.1) is 4.88 Å². The maximum absolute atomic E-state index is 5.51. The average Bonchev–Trinajstić information content (AvgIpc) is 2.75. The van der Waals surface area contributed by atoms with Crippen molar-refractivity contribution in [2.75, 3.05) is 5.73 Å². The van der Waals surface area contributed by atoms with E-state index in [1.807, 2.05) is 0 Å². The van der Waals surface area contributed by atoms with E-state index in [-0.39, 0.29) is 0 Å². The minimum atomic E-state index is 0.452. The molecule has 2 aromatic rings. The number of aryl methyl sites for hydroxylation is 2. The molecule has 0 amide bonds. The van der Waals surface area contributed by atoms with Gasteiger partial charge in [-0.25, -0.2) is 0 Å². The molecular weight excluding hydrogens is 196 g/mol. The van der Waals surface area contributed by atoms with Crippen molar-refractivity contribution < 1.29 is 4.52 Å². The molecule has 2 N–H and O–H groups in total. The van der Waals surface area contributed by atoms with Crippen LogP contribution in [0.3, 0.4) is 0 Å². The topological polar surface area (TPSA) is 52.0 Å². The average molecular weight is 206 g/mol. The molecule has 0 aliphatic heterocycles. The van der Waals surface area contributed by atoms with E-state index in [1.165, 1.54) is 29.7 Å². The Hall–Kier alpha value is -1.29. The number of hydrogen-bond donors (Lipinski definition) is 1. The van der Waals surface area contributed by atoms with Gasteiger partial charge in [-0.2, -0.15) is 0 Å². The number of anilines is 1. The van der Waals surface area contributed by atoms with Crippen LogP contribution in [0.1, 0.15) is 16.9 Å². The number of aromatic nitrogens is 1. The zero-order valence-corrected chi connectivity index (χ0v) is 8.43. The number of nitrogens with two attached hydrogens (primary N) is 1. The van der Waals surface area contributed by atoms with E-state index in [9.17, 15) is 0 Å². The molecule has 3 nitrogen and oxygen atoms in total. The monoisotopic (exact) mass is 206 g/mol. The minimum absolute atomic E-state index is 0.452. The number of nitrogens with zero attached hydrogens (tertiary/aromatic N) is 1. The number of nitrogen functional groups attached to an aromatic ring is 1. The van der Waals surface area contributed by atoms with E-state index in [1.54, 1.807) is 17.4 Å². The third-order valence-corrected chi connectivity index (χ3v) is 3.77. The van der Waals surface area contributed by atoms with E-state index in [0.717, 1.165) is 10.6 Å². The van der Waals surface area contributed by atoms with Crippen LogP contribution in [0.4, 0.5) is 5.82 Å². The fourth-order valence-corrected chi connectivity index (χ4v) is 3.06. The summed E-state index contributed by atoms with van der Waals surface area (Å²) in [5.41, 5.74) is 6.98. The Bertz CT molecular complexity index is 451. The van der Waals surface area contributed by atoms with Crippen molar-refractivity contribution in [2.24, 2.45) is 0 Å². The van der Waals surface area contributed by atoms with Crippen molar-refractivity contribution in [3.05, 3.63) is 22.6 Å². The molecule has 0 unspecified atom stereocenters. The summed E-state index contributed by atoms with van der Waals surface area (Å²) in [6, 6.07) is 3.98. The van der Waals surface area contributed by atoms with Gasteiger partial charge in [0.2, 0.25) is 0 Å². The highest BCUT2D eigenvalue weighted by molar-refractivity contribution is 7.15. The van der Waals surface area contributed by atoms with E-state index < -0.39 is 0 Å². The minimum Gasteiger partial charge on any atom is -0.381 e. The Kier molecular flexibility index (Phi) is 1.64. The number of rotatable bonds is 1. The molecule has 1 aliphatic carbocycles. The standard InChI is InChI=1S/C10H10N2OS/c11-10-5-7(13-12-10)9-4-6-2-1-3-8(6)14-9/h4-5H,1-3H2,(H2,11,12). The van der Waals surface area contributed by atoms with Gasteiger partial charge in [-0.3, -0.25) is 0 Å². The summed E-state index contributed by atoms with van der Waals surface area (Å²) >= 11 is 1.80. The van der Waals surface area contributed by atoms with Crippen LogP contribution in [0, 0.1) is 0 Å². The zero-order chi connectivity index (χ0) is 9.54. The third-order valence-electron chi connectivity index (χ3n) is 2.52. The SMILES string of the molecule is Nc1cc(-c2cc3c(s2)CCC3)on1. The molecule has 0 saturated heterocycles. The summed E-state index contributed by atoms with van der Waals surface area (Å²) in [4.78, 5) is 2.65. The van der Waals surface area contributed by atoms with Crippen molar-refractivity contribution in [1.82, 2.24) is 5.16 Å². The van der Waals surface area contributed by atoms with Crippen LogP contribution in [0.15, 0.2) is 16.7 Å². The van der Waals surface area contributed by atoms with Crippen LogP contribution in [-0.2, 0) is 12.8 Å². The van der Waals surface area contributed by atoms with Gasteiger partial charge < -0.3 is 10.3 Å². The second-order valence-electron chi connectivity index (χ2n) is 3.53. The lowest BCUT2D eigenvalue weighted by Crippen LogP contribution is -1.79. The van der Waals surface area contributed by atoms with E-state index in [0.29, 0.717) is 5.82 Å². The first-order chi connectivity index (χ1) is 6.83. The Morgan fingerprint density at radius 3 is 3.00 bits per heavy atom. The predicted molar refractivity (Wildman–Crippen MR) is 56.3 cm³/mol. The predicted octanol–water partition coefficient (Wildman–Crippen LogP) is 2.47. The zero-order valence-electron chi connectivity index (χ0n) is 7.62. The molecule has 0 saturated carbocycles. The normalized spacial score (nSPS) is 14.6. The summed E-state index contributed by atoms with van der Waals surface area (Å²) in [6.45, 7) is 0. The van der Waals surface area contributed by atoms with Crippen LogP contribution >= 0.6 is 11.3 Å². The van der Waals surface area contributed by atoms with Crippen LogP contribution in [0.25, 0.3) is 10.6 Å². The number of thiophene rings is 1. The van der Waals surface area contributed by atoms with Gasteiger partial charge in [0.15, 0.2) is 11.6 Å². The molecule has 0 fully saturated rings. The second-order valence-corrected chi connectivity index (χ2v) is 4.67. The van der Waals surface area contributed by atoms with Gasteiger partial charge in [-0.1, -0.05) is 5.16 Å². The molecule has 0 spiro atoms. The van der Waals surface area contributed by atoms with Crippen molar-refractivity contribution in [2.45, 2.75) is 19.3 Å². The molecule has 72 valence electrons. The van der Waals surface area contributed by atoms with E-state index in [4.69, 9.17) is 10.3 Å². The lowest BCUT2D eigenvalue weighted by molar-refractivity contribution is 0.436. The van der Waals surface area contributed by atoms with Crippen molar-refractivity contribution in [3.8, 4) is 10.6 Å². The lowest BCUT2D eigenvalue weighted by atomic mass is 10.2. The first-order valence-electron chi connectivity index (χ1n) is 4.67. The summed E-state index contributed by atoms with van der Waals surface area (Å²) in [6.07, 6.45) is 3.71. The quantitative estimate of drug-likeness (QED) is 0.779. The Morgan fingerprint density at radius 1 is 1.36 bits per heavy atom. The fourth-order valence-electron chi connectivity index (χ4n) is 1.86. The van der Waals surface area contributed by atoms with E-state index >= 15 is 0 Å². The van der Waals surface area contributed by atoms with Gasteiger partial charge in [0, 0.05) is 10.9 Å². The molecule has 2 heterocycles. The van der Waals surface area contributed by atoms with Crippen LogP contribution < -0.4 is 5.73 Å². The highest BCUT2D eigenvalue weighted by atomic mass is 32.1. The maximum atomic E-state index is 5.51. The molecule has 4 heteroatoms. The Morgan fingerprint density at radius 2 is 2.29 bits per heavy atom. The van der Waals surface area contributed by atoms with Gasteiger partial charge in [0.1, 0.15) is 0 Å². The van der Waals surface area contributed by atoms with E-state index in [2.05, 4.69) is 11.2 Å². The molecule has 2 aromatic heterocycles. The first-order valence-corrected chi connectivity index (χ1v) is 5.49. The summed E-state index contributed by atoms with van der Waals surface area (Å²) < 4.78 is 5.12. The molecule has 14 heavy (non-hydrogen) atoms. The van der Waals surface area contributed by atoms with Crippen molar-refractivity contribution in [3.63, 3.8) is 0 Å². The fraction of sp³-hybridized carbons (Fsp3) is 0.300. The smallest absolute Gasteiger partial charge is 0.179 e. The number of hydrogen-bond acceptors (Lipinski definition) is 4. The maximum Gasteiger partial charge on any atom is 0.179 e. The molecule has 1 aliphatic rings. The lowest BCUT2D eigenvalue weighted by Gasteiger charge is -1.87. The summed E-state index contributed by atoms with van der Waals surface area (Å²) in [5.74, 6) is 1.25. The molecule has 0 aromatic carbocycles. The molecule has 0 bridgehead atoms. The number of fused-ring (bicyclic) bond motifs is 1. The van der Waals surface area contributed by atoms with Gasteiger partial charge in [-0.05, 0) is 30.9 Å². The van der Waals surface area contributed by atoms with Crippen LogP contribution in [-0.4, -0.2) is 5.16 Å². The van der Waals surface area contributed by atoms with Gasteiger partial charge in [0.25, 0.3) is 0 Å². The highest BCUT2D eigenvalue weighted by Crippen LogP contribution is 2.36. The van der Waals surface area contributed by atoms with Crippen LogP contribution in [0.5, 0.6) is 0 Å². The summed E-state index contributed by atoms with van der Waals surface area (Å²) in [5, 5.41) is 3.69. The second kappa shape index (κ2) is 2.85. The summed E-state index contributed by atoms with van der Waals surface area (Å²) in [7, 11) is 0. The van der Waals surface area contributed by atoms with Gasteiger partial charge in [-0.15, -0.1) is 11.3 Å². The van der Waals surface area contributed by atoms with Crippen molar-refractivity contribution in [1.29, 1.82) is 0 Å². The largest absolute Gasteiger partial charge is 0.381 e. The molecule has 3 rings (SSSR count). The molecule has 0 atom stereocenters. The third kappa shape index (κ3) is 1.14. The molecular formula is C10H10N2OS. The first kappa shape index (κ1) is 8.05.